The van der Waals surface area contributed by atoms with Crippen molar-refractivity contribution in [2.45, 2.75) is 46.1 Å². The standard InChI is InChI=1S/C19H25IO4/c1-12(2)14-9-8-13(3)10-17(14)24-18(21)11-23-19(22)15-6-4-5-7-16(15)20/h4-7,12-14,17H,8-11H2,1-3H3/t13-,14-,17-/m0/s1. The molecule has 0 saturated heterocycles. The fourth-order valence-corrected chi connectivity index (χ4v) is 3.89. The number of hydrogen-bond acceptors (Lipinski definition) is 4. The number of benzene rings is 1. The van der Waals surface area contributed by atoms with E-state index in [1.807, 2.05) is 12.1 Å². The van der Waals surface area contributed by atoms with Gasteiger partial charge in [0.2, 0.25) is 0 Å². The fourth-order valence-electron chi connectivity index (χ4n) is 3.28. The Labute approximate surface area is 157 Å². The Bertz CT molecular complexity index is 584. The van der Waals surface area contributed by atoms with Gasteiger partial charge in [0.1, 0.15) is 6.10 Å². The average Bonchev–Trinajstić information content (AvgIpc) is 2.53. The number of halogens is 1. The fraction of sp³-hybridized carbons (Fsp3) is 0.579. The third kappa shape index (κ3) is 5.19. The van der Waals surface area contributed by atoms with E-state index in [0.29, 0.717) is 23.3 Å². The van der Waals surface area contributed by atoms with E-state index in [9.17, 15) is 9.59 Å². The summed E-state index contributed by atoms with van der Waals surface area (Å²) < 4.78 is 11.6. The van der Waals surface area contributed by atoms with Crippen LogP contribution in [0.25, 0.3) is 0 Å². The second-order valence-electron chi connectivity index (χ2n) is 6.91. The monoisotopic (exact) mass is 444 g/mol. The van der Waals surface area contributed by atoms with Gasteiger partial charge in [-0.15, -0.1) is 0 Å². The first-order valence-electron chi connectivity index (χ1n) is 8.49. The van der Waals surface area contributed by atoms with E-state index in [-0.39, 0.29) is 12.7 Å². The zero-order valence-electron chi connectivity index (χ0n) is 14.5. The summed E-state index contributed by atoms with van der Waals surface area (Å²) in [6.45, 7) is 6.19. The van der Waals surface area contributed by atoms with E-state index in [2.05, 4.69) is 43.4 Å². The summed E-state index contributed by atoms with van der Waals surface area (Å²) in [5.74, 6) is 0.472. The molecule has 0 aromatic heterocycles. The lowest BCUT2D eigenvalue weighted by molar-refractivity contribution is -0.159. The molecule has 0 bridgehead atoms. The number of hydrogen-bond donors (Lipinski definition) is 0. The minimum atomic E-state index is -0.491. The van der Waals surface area contributed by atoms with Gasteiger partial charge >= 0.3 is 11.9 Å². The van der Waals surface area contributed by atoms with Gasteiger partial charge in [-0.3, -0.25) is 0 Å². The van der Waals surface area contributed by atoms with Gasteiger partial charge in [0.25, 0.3) is 0 Å². The molecule has 1 saturated carbocycles. The van der Waals surface area contributed by atoms with E-state index < -0.39 is 11.9 Å². The van der Waals surface area contributed by atoms with Crippen molar-refractivity contribution >= 4 is 34.5 Å². The molecule has 24 heavy (non-hydrogen) atoms. The maximum Gasteiger partial charge on any atom is 0.344 e. The van der Waals surface area contributed by atoms with Crippen LogP contribution in [0.3, 0.4) is 0 Å². The third-order valence-corrected chi connectivity index (χ3v) is 5.60. The van der Waals surface area contributed by atoms with Crippen LogP contribution in [0.2, 0.25) is 0 Å². The molecule has 0 aliphatic heterocycles. The largest absolute Gasteiger partial charge is 0.460 e. The van der Waals surface area contributed by atoms with Crippen molar-refractivity contribution in [3.8, 4) is 0 Å². The molecule has 3 atom stereocenters. The van der Waals surface area contributed by atoms with Crippen LogP contribution >= 0.6 is 22.6 Å². The Morgan fingerprint density at radius 3 is 2.62 bits per heavy atom. The van der Waals surface area contributed by atoms with Gasteiger partial charge in [0, 0.05) is 3.57 Å². The summed E-state index contributed by atoms with van der Waals surface area (Å²) >= 11 is 2.07. The molecule has 1 aromatic rings. The van der Waals surface area contributed by atoms with Crippen LogP contribution in [-0.4, -0.2) is 24.6 Å². The molecule has 0 amide bonds. The first kappa shape index (κ1) is 19.2. The second kappa shape index (κ2) is 8.83. The van der Waals surface area contributed by atoms with Gasteiger partial charge in [-0.2, -0.15) is 0 Å². The summed E-state index contributed by atoms with van der Waals surface area (Å²) in [4.78, 5) is 24.2. The summed E-state index contributed by atoms with van der Waals surface area (Å²) in [5, 5.41) is 0. The lowest BCUT2D eigenvalue weighted by Crippen LogP contribution is -2.36. The summed E-state index contributed by atoms with van der Waals surface area (Å²) in [5.41, 5.74) is 0.470. The molecule has 2 rings (SSSR count). The smallest absolute Gasteiger partial charge is 0.344 e. The normalized spacial score (nSPS) is 23.8. The highest BCUT2D eigenvalue weighted by Gasteiger charge is 2.33. The molecule has 1 fully saturated rings. The summed E-state index contributed by atoms with van der Waals surface area (Å²) in [6.07, 6.45) is 3.08. The van der Waals surface area contributed by atoms with Crippen LogP contribution in [0, 0.1) is 21.3 Å². The van der Waals surface area contributed by atoms with E-state index in [1.165, 1.54) is 6.42 Å². The first-order chi connectivity index (χ1) is 11.4. The third-order valence-electron chi connectivity index (χ3n) is 4.66. The Morgan fingerprint density at radius 1 is 1.25 bits per heavy atom. The van der Waals surface area contributed by atoms with E-state index in [1.54, 1.807) is 12.1 Å². The zero-order chi connectivity index (χ0) is 17.7. The molecule has 0 radical (unpaired) electrons. The quantitative estimate of drug-likeness (QED) is 0.498. The first-order valence-corrected chi connectivity index (χ1v) is 9.57. The van der Waals surface area contributed by atoms with Crippen LogP contribution in [0.15, 0.2) is 24.3 Å². The van der Waals surface area contributed by atoms with Crippen LogP contribution in [0.1, 0.15) is 50.4 Å². The molecule has 1 aromatic carbocycles. The minimum Gasteiger partial charge on any atom is -0.460 e. The average molecular weight is 444 g/mol. The van der Waals surface area contributed by atoms with Crippen LogP contribution in [0.5, 0.6) is 0 Å². The molecule has 132 valence electrons. The second-order valence-corrected chi connectivity index (χ2v) is 8.07. The molecule has 4 nitrogen and oxygen atoms in total. The van der Waals surface area contributed by atoms with Crippen molar-refractivity contribution in [3.63, 3.8) is 0 Å². The molecular weight excluding hydrogens is 419 g/mol. The van der Waals surface area contributed by atoms with Crippen molar-refractivity contribution < 1.29 is 19.1 Å². The molecular formula is C19H25IO4. The van der Waals surface area contributed by atoms with Gasteiger partial charge in [-0.1, -0.05) is 39.3 Å². The molecule has 0 N–H and O–H groups in total. The summed E-state index contributed by atoms with van der Waals surface area (Å²) in [6, 6.07) is 7.13. The van der Waals surface area contributed by atoms with Gasteiger partial charge in [0.05, 0.1) is 5.56 Å². The van der Waals surface area contributed by atoms with E-state index in [4.69, 9.17) is 9.47 Å². The van der Waals surface area contributed by atoms with Crippen molar-refractivity contribution in [1.29, 1.82) is 0 Å². The molecule has 0 unspecified atom stereocenters. The van der Waals surface area contributed by atoms with Crippen LogP contribution in [-0.2, 0) is 14.3 Å². The topological polar surface area (TPSA) is 52.6 Å². The maximum absolute atomic E-state index is 12.1. The van der Waals surface area contributed by atoms with Crippen molar-refractivity contribution in [1.82, 2.24) is 0 Å². The Morgan fingerprint density at radius 2 is 1.96 bits per heavy atom. The van der Waals surface area contributed by atoms with Crippen molar-refractivity contribution in [3.05, 3.63) is 33.4 Å². The van der Waals surface area contributed by atoms with Crippen molar-refractivity contribution in [2.24, 2.45) is 17.8 Å². The van der Waals surface area contributed by atoms with Gasteiger partial charge in [-0.25, -0.2) is 9.59 Å². The lowest BCUT2D eigenvalue weighted by Gasteiger charge is -2.36. The number of ether oxygens (including phenoxy) is 2. The highest BCUT2D eigenvalue weighted by molar-refractivity contribution is 14.1. The van der Waals surface area contributed by atoms with E-state index in [0.717, 1.165) is 16.4 Å². The van der Waals surface area contributed by atoms with Crippen LogP contribution < -0.4 is 0 Å². The number of carbonyl (C=O) groups excluding carboxylic acids is 2. The maximum atomic E-state index is 12.1. The highest BCUT2D eigenvalue weighted by atomic mass is 127. The number of rotatable bonds is 5. The van der Waals surface area contributed by atoms with Crippen LogP contribution in [0.4, 0.5) is 0 Å². The highest BCUT2D eigenvalue weighted by Crippen LogP contribution is 2.35. The molecule has 0 heterocycles. The molecule has 1 aliphatic rings. The molecule has 0 spiro atoms. The minimum absolute atomic E-state index is 0.0724. The zero-order valence-corrected chi connectivity index (χ0v) is 16.6. The number of carbonyl (C=O) groups is 2. The predicted molar refractivity (Wildman–Crippen MR) is 101 cm³/mol. The Kier molecular flexibility index (Phi) is 7.07. The van der Waals surface area contributed by atoms with Gasteiger partial charge < -0.3 is 9.47 Å². The lowest BCUT2D eigenvalue weighted by atomic mass is 9.75. The van der Waals surface area contributed by atoms with Crippen molar-refractivity contribution in [2.75, 3.05) is 6.61 Å². The number of esters is 2. The van der Waals surface area contributed by atoms with E-state index >= 15 is 0 Å². The Balaban J connectivity index is 1.88. The molecule has 5 heteroatoms. The molecule has 1 aliphatic carbocycles. The Hall–Kier alpha value is -1.11. The van der Waals surface area contributed by atoms with Gasteiger partial charge in [0.15, 0.2) is 6.61 Å². The SMILES string of the molecule is CC(C)[C@@H]1CC[C@H](C)C[C@@H]1OC(=O)COC(=O)c1ccccc1I. The van der Waals surface area contributed by atoms with Gasteiger partial charge in [-0.05, 0) is 65.3 Å². The summed E-state index contributed by atoms with van der Waals surface area (Å²) in [7, 11) is 0. The predicted octanol–water partition coefficient (Wildman–Crippen LogP) is 4.45.